The molecule has 1 aromatic carbocycles. The van der Waals surface area contributed by atoms with Gasteiger partial charge in [0.2, 0.25) is 0 Å². The van der Waals surface area contributed by atoms with Gasteiger partial charge in [-0.1, -0.05) is 32.0 Å². The molecule has 25 heavy (non-hydrogen) atoms. The van der Waals surface area contributed by atoms with Crippen molar-refractivity contribution in [2.75, 3.05) is 6.54 Å². The molecule has 0 saturated heterocycles. The predicted molar refractivity (Wildman–Crippen MR) is 103 cm³/mol. The second kappa shape index (κ2) is 9.81. The van der Waals surface area contributed by atoms with E-state index in [1.54, 1.807) is 6.33 Å². The van der Waals surface area contributed by atoms with Crippen LogP contribution in [-0.4, -0.2) is 33.3 Å². The zero-order chi connectivity index (χ0) is 18.1. The third-order valence-corrected chi connectivity index (χ3v) is 3.94. The molecule has 0 aliphatic heterocycles. The van der Waals surface area contributed by atoms with E-state index in [0.29, 0.717) is 18.5 Å². The van der Waals surface area contributed by atoms with Gasteiger partial charge in [0.1, 0.15) is 12.9 Å². The fourth-order valence-electron chi connectivity index (χ4n) is 2.53. The Hall–Kier alpha value is -2.37. The van der Waals surface area contributed by atoms with Crippen LogP contribution >= 0.6 is 0 Å². The number of para-hydroxylation sites is 1. The van der Waals surface area contributed by atoms with E-state index >= 15 is 0 Å². The van der Waals surface area contributed by atoms with E-state index in [0.717, 1.165) is 30.4 Å². The molecule has 2 rings (SSSR count). The monoisotopic (exact) mass is 342 g/mol. The second-order valence-corrected chi connectivity index (χ2v) is 6.66. The lowest BCUT2D eigenvalue weighted by molar-refractivity contribution is 0.489. The second-order valence-electron chi connectivity index (χ2n) is 6.66. The Kier molecular flexibility index (Phi) is 7.44. The first kappa shape index (κ1) is 19.0. The Morgan fingerprint density at radius 1 is 1.16 bits per heavy atom. The molecule has 0 bridgehead atoms. The number of hydrogen-bond donors (Lipinski definition) is 2. The van der Waals surface area contributed by atoms with E-state index < -0.39 is 0 Å². The fourth-order valence-corrected chi connectivity index (χ4v) is 2.53. The molecule has 0 aliphatic rings. The third-order valence-electron chi connectivity index (χ3n) is 3.94. The van der Waals surface area contributed by atoms with Crippen molar-refractivity contribution in [1.82, 2.24) is 25.4 Å². The molecule has 6 nitrogen and oxygen atoms in total. The number of aliphatic imine (C=N–C) groups is 1. The molecule has 0 spiro atoms. The number of aromatic nitrogens is 3. The lowest BCUT2D eigenvalue weighted by atomic mass is 10.0. The number of benzene rings is 1. The topological polar surface area (TPSA) is 67.1 Å². The average Bonchev–Trinajstić information content (AvgIpc) is 3.07. The summed E-state index contributed by atoms with van der Waals surface area (Å²) < 4.78 is 1.97. The Balaban J connectivity index is 2.03. The predicted octanol–water partition coefficient (Wildman–Crippen LogP) is 3.15. The zero-order valence-electron chi connectivity index (χ0n) is 15.7. The minimum atomic E-state index is 0.382. The van der Waals surface area contributed by atoms with E-state index in [9.17, 15) is 0 Å². The minimum Gasteiger partial charge on any atom is -0.357 e. The van der Waals surface area contributed by atoms with Crippen LogP contribution in [0.5, 0.6) is 0 Å². The summed E-state index contributed by atoms with van der Waals surface area (Å²) in [6.45, 7) is 10.1. The number of nitrogens with one attached hydrogen (secondary N) is 2. The molecular weight excluding hydrogens is 312 g/mol. The van der Waals surface area contributed by atoms with Gasteiger partial charge in [-0.2, -0.15) is 0 Å². The molecule has 2 aromatic rings. The van der Waals surface area contributed by atoms with Crippen LogP contribution in [0.15, 0.2) is 41.7 Å². The van der Waals surface area contributed by atoms with E-state index in [1.807, 2.05) is 34.9 Å². The molecule has 0 saturated carbocycles. The summed E-state index contributed by atoms with van der Waals surface area (Å²) >= 11 is 0. The molecule has 0 aliphatic carbocycles. The third kappa shape index (κ3) is 6.21. The van der Waals surface area contributed by atoms with Gasteiger partial charge in [-0.05, 0) is 44.7 Å². The Labute approximate surface area is 150 Å². The lowest BCUT2D eigenvalue weighted by Crippen LogP contribution is -2.42. The largest absolute Gasteiger partial charge is 0.357 e. The van der Waals surface area contributed by atoms with Crippen LogP contribution < -0.4 is 10.6 Å². The molecule has 1 aromatic heterocycles. The van der Waals surface area contributed by atoms with Gasteiger partial charge >= 0.3 is 0 Å². The molecule has 2 N–H and O–H groups in total. The fraction of sp³-hybridized carbons (Fsp3) is 0.526. The molecular formula is C19H30N6. The van der Waals surface area contributed by atoms with Crippen molar-refractivity contribution in [3.05, 3.63) is 42.5 Å². The molecule has 136 valence electrons. The van der Waals surface area contributed by atoms with E-state index in [1.165, 1.54) is 6.42 Å². The maximum absolute atomic E-state index is 4.68. The van der Waals surface area contributed by atoms with Crippen molar-refractivity contribution in [3.63, 3.8) is 0 Å². The van der Waals surface area contributed by atoms with Crippen molar-refractivity contribution in [3.8, 4) is 5.69 Å². The molecule has 0 amide bonds. The lowest BCUT2D eigenvalue weighted by Gasteiger charge is -2.18. The summed E-state index contributed by atoms with van der Waals surface area (Å²) in [5.74, 6) is 2.35. The summed E-state index contributed by atoms with van der Waals surface area (Å²) in [5.41, 5.74) is 1.04. The van der Waals surface area contributed by atoms with Crippen LogP contribution in [0.2, 0.25) is 0 Å². The normalized spacial score (nSPS) is 13.1. The van der Waals surface area contributed by atoms with Crippen LogP contribution in [0.4, 0.5) is 0 Å². The quantitative estimate of drug-likeness (QED) is 0.571. The highest BCUT2D eigenvalue weighted by Gasteiger charge is 2.09. The number of hydrogen-bond acceptors (Lipinski definition) is 3. The van der Waals surface area contributed by atoms with E-state index in [2.05, 4.69) is 53.5 Å². The minimum absolute atomic E-state index is 0.382. The highest BCUT2D eigenvalue weighted by Crippen LogP contribution is 2.10. The maximum Gasteiger partial charge on any atom is 0.191 e. The Morgan fingerprint density at radius 3 is 2.60 bits per heavy atom. The Morgan fingerprint density at radius 2 is 1.92 bits per heavy atom. The van der Waals surface area contributed by atoms with E-state index in [4.69, 9.17) is 0 Å². The first-order chi connectivity index (χ1) is 12.1. The zero-order valence-corrected chi connectivity index (χ0v) is 15.7. The molecule has 1 unspecified atom stereocenters. The van der Waals surface area contributed by atoms with Gasteiger partial charge in [0.25, 0.3) is 0 Å². The van der Waals surface area contributed by atoms with Crippen molar-refractivity contribution < 1.29 is 0 Å². The van der Waals surface area contributed by atoms with Crippen LogP contribution in [0.3, 0.4) is 0 Å². The van der Waals surface area contributed by atoms with Crippen molar-refractivity contribution in [1.29, 1.82) is 0 Å². The van der Waals surface area contributed by atoms with Crippen LogP contribution in [-0.2, 0) is 6.54 Å². The van der Waals surface area contributed by atoms with Gasteiger partial charge in [-0.3, -0.25) is 4.57 Å². The molecule has 1 heterocycles. The molecule has 6 heteroatoms. The van der Waals surface area contributed by atoms with Crippen LogP contribution in [0, 0.1) is 5.92 Å². The average molecular weight is 342 g/mol. The van der Waals surface area contributed by atoms with E-state index in [-0.39, 0.29) is 0 Å². The standard InChI is InChI=1S/C19H30N6/c1-5-20-19(23-16(4)12-11-15(2)3)21-13-18-24-22-14-25(18)17-9-7-6-8-10-17/h6-10,14-16H,5,11-13H2,1-4H3,(H2,20,21,23). The Bertz CT molecular complexity index is 647. The summed E-state index contributed by atoms with van der Waals surface area (Å²) in [6, 6.07) is 10.5. The van der Waals surface area contributed by atoms with Crippen LogP contribution in [0.1, 0.15) is 46.4 Å². The number of nitrogens with zero attached hydrogens (tertiary/aromatic N) is 4. The van der Waals surface area contributed by atoms with Gasteiger partial charge in [0.15, 0.2) is 11.8 Å². The van der Waals surface area contributed by atoms with Crippen LogP contribution in [0.25, 0.3) is 5.69 Å². The number of guanidine groups is 1. The summed E-state index contributed by atoms with van der Waals surface area (Å²) in [4.78, 5) is 4.68. The SMILES string of the molecule is CCNC(=NCc1nncn1-c1ccccc1)NC(C)CCC(C)C. The molecule has 1 atom stereocenters. The summed E-state index contributed by atoms with van der Waals surface area (Å²) in [7, 11) is 0. The highest BCUT2D eigenvalue weighted by atomic mass is 15.3. The molecule has 0 radical (unpaired) electrons. The van der Waals surface area contributed by atoms with Crippen molar-refractivity contribution >= 4 is 5.96 Å². The van der Waals surface area contributed by atoms with Crippen molar-refractivity contribution in [2.24, 2.45) is 10.9 Å². The van der Waals surface area contributed by atoms with Gasteiger partial charge in [0.05, 0.1) is 0 Å². The first-order valence-corrected chi connectivity index (χ1v) is 9.09. The molecule has 0 fully saturated rings. The van der Waals surface area contributed by atoms with Gasteiger partial charge in [-0.15, -0.1) is 10.2 Å². The van der Waals surface area contributed by atoms with Gasteiger partial charge < -0.3 is 10.6 Å². The van der Waals surface area contributed by atoms with Crippen molar-refractivity contribution in [2.45, 2.75) is 53.1 Å². The summed E-state index contributed by atoms with van der Waals surface area (Å²) in [6.07, 6.45) is 4.06. The number of rotatable bonds is 8. The smallest absolute Gasteiger partial charge is 0.191 e. The van der Waals surface area contributed by atoms with Gasteiger partial charge in [-0.25, -0.2) is 4.99 Å². The first-order valence-electron chi connectivity index (χ1n) is 9.09. The summed E-state index contributed by atoms with van der Waals surface area (Å²) in [5, 5.41) is 15.0. The van der Waals surface area contributed by atoms with Gasteiger partial charge in [0, 0.05) is 18.3 Å². The highest BCUT2D eigenvalue weighted by molar-refractivity contribution is 5.79. The maximum atomic E-state index is 4.68.